The Bertz CT molecular complexity index is 27.3. The van der Waals surface area contributed by atoms with Crippen molar-refractivity contribution in [2.75, 3.05) is 18.1 Å². The first-order valence-corrected chi connectivity index (χ1v) is 3.73. The molecule has 1 nitrogen and oxygen atoms in total. The summed E-state index contributed by atoms with van der Waals surface area (Å²) in [6.07, 6.45) is 1.19. The minimum absolute atomic E-state index is 0.0741. The predicted octanol–water partition coefficient (Wildman–Crippen LogP) is 1.56. The van der Waals surface area contributed by atoms with Crippen molar-refractivity contribution in [1.29, 1.82) is 0 Å². The fraction of sp³-hybridized carbons (Fsp3) is 1.00. The third kappa shape index (κ3) is 6.31. The molecule has 0 rings (SSSR count). The first kappa shape index (κ1) is 7.31. The molecule has 0 aliphatic carbocycles. The van der Waals surface area contributed by atoms with Crippen molar-refractivity contribution in [3.8, 4) is 0 Å². The van der Waals surface area contributed by atoms with Crippen molar-refractivity contribution in [2.24, 2.45) is 0 Å². The van der Waals surface area contributed by atoms with Crippen molar-refractivity contribution in [1.82, 2.24) is 0 Å². The van der Waals surface area contributed by atoms with E-state index in [4.69, 9.17) is 0 Å². The number of hydrogen-bond donors (Lipinski definition) is 0. The SMILES string of the molecule is CCCSCC[O]. The lowest BCUT2D eigenvalue weighted by atomic mass is 10.6. The largest absolute Gasteiger partial charge is 0.236 e. The number of hydrogen-bond acceptors (Lipinski definition) is 1. The summed E-state index contributed by atoms with van der Waals surface area (Å²) in [7, 11) is 0. The van der Waals surface area contributed by atoms with Gasteiger partial charge in [0.1, 0.15) is 0 Å². The summed E-state index contributed by atoms with van der Waals surface area (Å²) in [5, 5.41) is 9.78. The van der Waals surface area contributed by atoms with Crippen LogP contribution in [0.3, 0.4) is 0 Å². The van der Waals surface area contributed by atoms with E-state index in [2.05, 4.69) is 6.92 Å². The molecule has 0 aromatic heterocycles. The molecule has 2 heteroatoms. The summed E-state index contributed by atoms with van der Waals surface area (Å²) < 4.78 is 0. The van der Waals surface area contributed by atoms with E-state index in [0.717, 1.165) is 11.5 Å². The summed E-state index contributed by atoms with van der Waals surface area (Å²) in [6.45, 7) is 2.20. The average molecular weight is 119 g/mol. The molecule has 0 N–H and O–H groups in total. The molecular formula is C5H11OS. The molecule has 0 aliphatic heterocycles. The molecule has 0 unspecified atom stereocenters. The van der Waals surface area contributed by atoms with Crippen LogP contribution < -0.4 is 0 Å². The Labute approximate surface area is 49.1 Å². The molecule has 0 fully saturated rings. The van der Waals surface area contributed by atoms with Crippen LogP contribution in [-0.2, 0) is 5.11 Å². The van der Waals surface area contributed by atoms with Crippen LogP contribution in [0.4, 0.5) is 0 Å². The van der Waals surface area contributed by atoms with E-state index in [-0.39, 0.29) is 6.61 Å². The first-order valence-electron chi connectivity index (χ1n) is 2.57. The molecule has 0 bridgehead atoms. The molecule has 1 radical (unpaired) electrons. The fourth-order valence-corrected chi connectivity index (χ4v) is 0.916. The van der Waals surface area contributed by atoms with Gasteiger partial charge in [-0.1, -0.05) is 6.92 Å². The number of thioether (sulfide) groups is 1. The van der Waals surface area contributed by atoms with Gasteiger partial charge in [0.25, 0.3) is 0 Å². The summed E-state index contributed by atoms with van der Waals surface area (Å²) in [4.78, 5) is 0. The Morgan fingerprint density at radius 3 is 2.57 bits per heavy atom. The van der Waals surface area contributed by atoms with Crippen LogP contribution in [0.15, 0.2) is 0 Å². The lowest BCUT2D eigenvalue weighted by Crippen LogP contribution is -1.84. The molecule has 43 valence electrons. The minimum Gasteiger partial charge on any atom is -0.236 e. The van der Waals surface area contributed by atoms with Crippen LogP contribution in [0.1, 0.15) is 13.3 Å². The van der Waals surface area contributed by atoms with Gasteiger partial charge in [-0.2, -0.15) is 11.8 Å². The Balaban J connectivity index is 2.45. The molecule has 0 aromatic rings. The van der Waals surface area contributed by atoms with Crippen LogP contribution in [0, 0.1) is 0 Å². The quantitative estimate of drug-likeness (QED) is 0.514. The average Bonchev–Trinajstić information content (AvgIpc) is 1.69. The second kappa shape index (κ2) is 6.31. The summed E-state index contributed by atoms with van der Waals surface area (Å²) >= 11 is 1.74. The smallest absolute Gasteiger partial charge is 0.0912 e. The highest BCUT2D eigenvalue weighted by Gasteiger charge is 1.81. The van der Waals surface area contributed by atoms with Crippen molar-refractivity contribution in [3.63, 3.8) is 0 Å². The van der Waals surface area contributed by atoms with E-state index in [1.807, 2.05) is 0 Å². The van der Waals surface area contributed by atoms with Crippen molar-refractivity contribution in [3.05, 3.63) is 0 Å². The van der Waals surface area contributed by atoms with Gasteiger partial charge >= 0.3 is 0 Å². The monoisotopic (exact) mass is 119 g/mol. The molecule has 0 amide bonds. The maximum absolute atomic E-state index is 9.78. The van der Waals surface area contributed by atoms with Gasteiger partial charge < -0.3 is 0 Å². The van der Waals surface area contributed by atoms with Crippen LogP contribution >= 0.6 is 11.8 Å². The van der Waals surface area contributed by atoms with E-state index in [0.29, 0.717) is 0 Å². The molecule has 7 heavy (non-hydrogen) atoms. The highest BCUT2D eigenvalue weighted by molar-refractivity contribution is 7.99. The lowest BCUT2D eigenvalue weighted by Gasteiger charge is -1.89. The van der Waals surface area contributed by atoms with E-state index in [9.17, 15) is 5.11 Å². The standard InChI is InChI=1S/C5H11OS/c1-2-4-7-5-3-6/h2-5H2,1H3. The zero-order valence-corrected chi connectivity index (χ0v) is 5.46. The maximum atomic E-state index is 9.78. The van der Waals surface area contributed by atoms with Crippen molar-refractivity contribution < 1.29 is 5.11 Å². The van der Waals surface area contributed by atoms with E-state index < -0.39 is 0 Å². The third-order valence-electron chi connectivity index (χ3n) is 0.576. The Hall–Kier alpha value is 0.310. The molecule has 0 saturated heterocycles. The number of rotatable bonds is 4. The van der Waals surface area contributed by atoms with Gasteiger partial charge in [0.2, 0.25) is 0 Å². The molecular weight excluding hydrogens is 108 g/mol. The van der Waals surface area contributed by atoms with Gasteiger partial charge in [0.15, 0.2) is 0 Å². The Morgan fingerprint density at radius 1 is 1.43 bits per heavy atom. The zero-order valence-electron chi connectivity index (χ0n) is 4.64. The van der Waals surface area contributed by atoms with Crippen molar-refractivity contribution >= 4 is 11.8 Å². The third-order valence-corrected chi connectivity index (χ3v) is 1.73. The van der Waals surface area contributed by atoms with Gasteiger partial charge in [-0.25, -0.2) is 5.11 Å². The second-order valence-electron chi connectivity index (χ2n) is 1.32. The first-order chi connectivity index (χ1) is 3.41. The van der Waals surface area contributed by atoms with Crippen LogP contribution in [0.25, 0.3) is 0 Å². The highest BCUT2D eigenvalue weighted by atomic mass is 32.2. The summed E-state index contributed by atoms with van der Waals surface area (Å²) in [6, 6.07) is 0. The van der Waals surface area contributed by atoms with E-state index in [1.54, 1.807) is 11.8 Å². The van der Waals surface area contributed by atoms with Crippen LogP contribution in [0.2, 0.25) is 0 Å². The maximum Gasteiger partial charge on any atom is 0.0912 e. The summed E-state index contributed by atoms with van der Waals surface area (Å²) in [5.74, 6) is 1.93. The van der Waals surface area contributed by atoms with E-state index in [1.165, 1.54) is 6.42 Å². The topological polar surface area (TPSA) is 19.9 Å². The van der Waals surface area contributed by atoms with Gasteiger partial charge in [-0.05, 0) is 12.2 Å². The highest BCUT2D eigenvalue weighted by Crippen LogP contribution is 1.98. The van der Waals surface area contributed by atoms with Crippen LogP contribution in [-0.4, -0.2) is 18.1 Å². The normalized spacial score (nSPS) is 9.43. The molecule has 0 atom stereocenters. The van der Waals surface area contributed by atoms with Gasteiger partial charge in [-0.3, -0.25) is 0 Å². The molecule has 0 aromatic carbocycles. The lowest BCUT2D eigenvalue weighted by molar-refractivity contribution is 0.215. The molecule has 0 spiro atoms. The molecule has 0 aliphatic rings. The summed E-state index contributed by atoms with van der Waals surface area (Å²) in [5.41, 5.74) is 0. The van der Waals surface area contributed by atoms with Gasteiger partial charge in [0, 0.05) is 5.75 Å². The molecule has 0 saturated carbocycles. The van der Waals surface area contributed by atoms with Crippen LogP contribution in [0.5, 0.6) is 0 Å². The second-order valence-corrected chi connectivity index (χ2v) is 2.54. The predicted molar refractivity (Wildman–Crippen MR) is 33.2 cm³/mol. The Kier molecular flexibility index (Phi) is 6.59. The fourth-order valence-electron chi connectivity index (χ4n) is 0.305. The minimum atomic E-state index is 0.0741. The van der Waals surface area contributed by atoms with E-state index >= 15 is 0 Å². The zero-order chi connectivity index (χ0) is 5.54. The Morgan fingerprint density at radius 2 is 2.14 bits per heavy atom. The molecule has 0 heterocycles. The van der Waals surface area contributed by atoms with Gasteiger partial charge in [0.05, 0.1) is 6.61 Å². The van der Waals surface area contributed by atoms with Gasteiger partial charge in [-0.15, -0.1) is 0 Å². The van der Waals surface area contributed by atoms with Crippen molar-refractivity contribution in [2.45, 2.75) is 13.3 Å².